The molecule has 18 rings (SSSR count). The van der Waals surface area contributed by atoms with Gasteiger partial charge in [0.2, 0.25) is 0 Å². The molecule has 3 heterocycles. The molecule has 0 N–H and O–H groups in total. The molecule has 0 unspecified atom stereocenters. The van der Waals surface area contributed by atoms with Crippen LogP contribution in [0.1, 0.15) is 44.5 Å². The first-order valence-corrected chi connectivity index (χ1v) is 26.8. The third-order valence-corrected chi connectivity index (χ3v) is 18.0. The summed E-state index contributed by atoms with van der Waals surface area (Å²) in [6, 6.07) is 100. The zero-order chi connectivity index (χ0) is 50.1. The van der Waals surface area contributed by atoms with E-state index < -0.39 is 10.8 Å². The SMILES string of the molecule is c1ccc2c(c1)-c1ccccc1C21c2ccccc2-c2c(N(c3ccc(-c4cccc5c4oc4ccccc45)cc3)c3ccc4c(c3)-n3c5ccccc5c5cccc(c53)C43c4ccccc4-c4ccccc43)cccc21. The predicted octanol–water partition coefficient (Wildman–Crippen LogP) is 18.8. The maximum atomic E-state index is 6.63. The van der Waals surface area contributed by atoms with Crippen LogP contribution in [0.4, 0.5) is 17.1 Å². The molecule has 12 aromatic carbocycles. The lowest BCUT2D eigenvalue weighted by atomic mass is 9.65. The fourth-order valence-electron chi connectivity index (χ4n) is 15.2. The van der Waals surface area contributed by atoms with Crippen LogP contribution in [0.15, 0.2) is 271 Å². The van der Waals surface area contributed by atoms with Crippen LogP contribution in [0.5, 0.6) is 0 Å². The number of furan rings is 1. The second-order valence-electron chi connectivity index (χ2n) is 21.3. The summed E-state index contributed by atoms with van der Waals surface area (Å²) in [4.78, 5) is 2.54. The zero-order valence-corrected chi connectivity index (χ0v) is 41.7. The highest BCUT2D eigenvalue weighted by Gasteiger charge is 2.53. The van der Waals surface area contributed by atoms with Gasteiger partial charge in [0, 0.05) is 44.0 Å². The Morgan fingerprint density at radius 1 is 0.325 bits per heavy atom. The quantitative estimate of drug-likeness (QED) is 0.175. The fraction of sp³-hybridized carbons (Fsp3) is 0.0270. The van der Waals surface area contributed by atoms with E-state index in [0.29, 0.717) is 0 Å². The van der Waals surface area contributed by atoms with Crippen molar-refractivity contribution in [3.63, 3.8) is 0 Å². The molecular weight excluding hydrogens is 933 g/mol. The summed E-state index contributed by atoms with van der Waals surface area (Å²) in [5.74, 6) is 0. The number of fused-ring (bicyclic) bond motifs is 25. The molecule has 77 heavy (non-hydrogen) atoms. The van der Waals surface area contributed by atoms with Crippen LogP contribution in [-0.4, -0.2) is 4.57 Å². The van der Waals surface area contributed by atoms with Crippen molar-refractivity contribution >= 4 is 60.8 Å². The minimum absolute atomic E-state index is 0.499. The monoisotopic (exact) mass is 976 g/mol. The molecule has 0 radical (unpaired) electrons. The molecule has 2 spiro atoms. The Morgan fingerprint density at radius 2 is 0.805 bits per heavy atom. The summed E-state index contributed by atoms with van der Waals surface area (Å²) in [7, 11) is 0. The van der Waals surface area contributed by atoms with E-state index in [1.165, 1.54) is 105 Å². The van der Waals surface area contributed by atoms with Crippen LogP contribution in [0.25, 0.3) is 93.9 Å². The first-order valence-electron chi connectivity index (χ1n) is 26.8. The lowest BCUT2D eigenvalue weighted by molar-refractivity contribution is 0.670. The van der Waals surface area contributed by atoms with Crippen LogP contribution < -0.4 is 4.90 Å². The summed E-state index contributed by atoms with van der Waals surface area (Å²) in [5.41, 5.74) is 28.0. The van der Waals surface area contributed by atoms with Gasteiger partial charge in [-0.05, 0) is 120 Å². The lowest BCUT2D eigenvalue weighted by Crippen LogP contribution is -2.33. The molecule has 3 aliphatic carbocycles. The van der Waals surface area contributed by atoms with Gasteiger partial charge in [-0.15, -0.1) is 0 Å². The Labute approximate surface area is 444 Å². The minimum Gasteiger partial charge on any atom is -0.455 e. The molecule has 0 fully saturated rings. The number of rotatable bonds is 4. The summed E-state index contributed by atoms with van der Waals surface area (Å²) in [6.07, 6.45) is 0. The van der Waals surface area contributed by atoms with E-state index >= 15 is 0 Å². The van der Waals surface area contributed by atoms with Gasteiger partial charge >= 0.3 is 0 Å². The highest BCUT2D eigenvalue weighted by molar-refractivity contribution is 6.14. The highest BCUT2D eigenvalue weighted by atomic mass is 16.3. The molecule has 14 aromatic rings. The summed E-state index contributed by atoms with van der Waals surface area (Å²) < 4.78 is 9.21. The zero-order valence-electron chi connectivity index (χ0n) is 41.7. The van der Waals surface area contributed by atoms with E-state index in [9.17, 15) is 0 Å². The van der Waals surface area contributed by atoms with Gasteiger partial charge in [0.1, 0.15) is 11.2 Å². The molecule has 0 amide bonds. The van der Waals surface area contributed by atoms with E-state index in [1.807, 2.05) is 6.07 Å². The number of benzene rings is 12. The van der Waals surface area contributed by atoms with E-state index in [2.05, 4.69) is 270 Å². The third kappa shape index (κ3) is 5.03. The van der Waals surface area contributed by atoms with E-state index in [0.717, 1.165) is 50.1 Å². The largest absolute Gasteiger partial charge is 0.455 e. The van der Waals surface area contributed by atoms with Crippen molar-refractivity contribution < 1.29 is 4.42 Å². The van der Waals surface area contributed by atoms with Gasteiger partial charge in [-0.25, -0.2) is 0 Å². The molecule has 0 bridgehead atoms. The van der Waals surface area contributed by atoms with Crippen molar-refractivity contribution in [2.75, 3.05) is 4.90 Å². The number of anilines is 3. The standard InChI is InChI=1S/C74H44N2O/c1-8-28-58-49(18-1)50-19-2-9-29-59(50)73(58)62-32-12-5-24-57(62)70-64(73)33-17-36-67(70)75(46-40-38-45(39-41-46)48-25-15-27-56-54-23-7-14-37-69(54)77-72(48)56)47-42-43-63-68(44-47)76-66-35-13-6-22-53(66)55-26-16-34-65(71(55)76)74(63)60-30-10-3-20-51(60)52-21-4-11-31-61(52)74/h1-44H. The van der Waals surface area contributed by atoms with Crippen molar-refractivity contribution in [1.82, 2.24) is 4.57 Å². The average molecular weight is 977 g/mol. The molecule has 1 aliphatic heterocycles. The van der Waals surface area contributed by atoms with Crippen molar-refractivity contribution in [1.29, 1.82) is 0 Å². The van der Waals surface area contributed by atoms with Gasteiger partial charge in [0.25, 0.3) is 0 Å². The first kappa shape index (κ1) is 41.4. The smallest absolute Gasteiger partial charge is 0.143 e. The Hall–Kier alpha value is -9.96. The highest BCUT2D eigenvalue weighted by Crippen LogP contribution is 2.66. The summed E-state index contributed by atoms with van der Waals surface area (Å²) in [5, 5.41) is 4.77. The summed E-state index contributed by atoms with van der Waals surface area (Å²) in [6.45, 7) is 0. The number of hydrogen-bond acceptors (Lipinski definition) is 2. The molecule has 0 saturated heterocycles. The summed E-state index contributed by atoms with van der Waals surface area (Å²) >= 11 is 0. The third-order valence-electron chi connectivity index (χ3n) is 18.0. The van der Waals surface area contributed by atoms with Gasteiger partial charge in [0.15, 0.2) is 0 Å². The van der Waals surface area contributed by atoms with Crippen LogP contribution in [-0.2, 0) is 10.8 Å². The number of aromatic nitrogens is 1. The molecule has 3 nitrogen and oxygen atoms in total. The Morgan fingerprint density at radius 3 is 1.49 bits per heavy atom. The van der Waals surface area contributed by atoms with Gasteiger partial charge in [0.05, 0.1) is 33.2 Å². The van der Waals surface area contributed by atoms with Gasteiger partial charge in [-0.3, -0.25) is 0 Å². The number of hydrogen-bond donors (Lipinski definition) is 0. The van der Waals surface area contributed by atoms with Gasteiger partial charge in [-0.2, -0.15) is 0 Å². The molecule has 356 valence electrons. The first-order chi connectivity index (χ1) is 38.2. The van der Waals surface area contributed by atoms with Crippen molar-refractivity contribution in [3.05, 3.63) is 311 Å². The predicted molar refractivity (Wildman–Crippen MR) is 315 cm³/mol. The number of para-hydroxylation sites is 4. The van der Waals surface area contributed by atoms with Crippen molar-refractivity contribution in [2.45, 2.75) is 10.8 Å². The molecule has 0 atom stereocenters. The Bertz CT molecular complexity index is 4800. The average Bonchev–Trinajstić information content (AvgIpc) is 4.48. The van der Waals surface area contributed by atoms with Crippen LogP contribution in [0, 0.1) is 0 Å². The molecule has 0 saturated carbocycles. The minimum atomic E-state index is -0.558. The van der Waals surface area contributed by atoms with E-state index in [-0.39, 0.29) is 0 Å². The lowest BCUT2D eigenvalue weighted by Gasteiger charge is -2.40. The molecule has 3 heteroatoms. The normalized spacial score (nSPS) is 14.2. The maximum Gasteiger partial charge on any atom is 0.143 e. The van der Waals surface area contributed by atoms with Crippen molar-refractivity contribution in [3.8, 4) is 50.2 Å². The van der Waals surface area contributed by atoms with E-state index in [4.69, 9.17) is 4.42 Å². The van der Waals surface area contributed by atoms with Crippen LogP contribution >= 0.6 is 0 Å². The Kier molecular flexibility index (Phi) is 8.00. The number of nitrogens with zero attached hydrogens (tertiary/aromatic N) is 2. The van der Waals surface area contributed by atoms with Gasteiger partial charge in [-0.1, -0.05) is 224 Å². The Balaban J connectivity index is 0.932. The van der Waals surface area contributed by atoms with Gasteiger partial charge < -0.3 is 13.9 Å². The second kappa shape index (κ2) is 14.9. The molecule has 2 aromatic heterocycles. The maximum absolute atomic E-state index is 6.63. The van der Waals surface area contributed by atoms with Crippen molar-refractivity contribution in [2.24, 2.45) is 0 Å². The second-order valence-corrected chi connectivity index (χ2v) is 21.3. The van der Waals surface area contributed by atoms with Crippen LogP contribution in [0.2, 0.25) is 0 Å². The molecule has 4 aliphatic rings. The topological polar surface area (TPSA) is 21.3 Å². The van der Waals surface area contributed by atoms with Crippen LogP contribution in [0.3, 0.4) is 0 Å². The fourth-order valence-corrected chi connectivity index (χ4v) is 15.2. The van der Waals surface area contributed by atoms with E-state index in [1.54, 1.807) is 0 Å². The molecular formula is C74H44N2O.